The van der Waals surface area contributed by atoms with E-state index in [4.69, 9.17) is 10.00 Å². The van der Waals surface area contributed by atoms with Crippen LogP contribution in [0.5, 0.6) is 5.75 Å². The summed E-state index contributed by atoms with van der Waals surface area (Å²) in [5.41, 5.74) is 0.264. The fourth-order valence-corrected chi connectivity index (χ4v) is 1.57. The van der Waals surface area contributed by atoms with Gasteiger partial charge >= 0.3 is 12.1 Å². The number of hydrogen-bond donors (Lipinski definition) is 1. The molecule has 0 bridgehead atoms. The van der Waals surface area contributed by atoms with Gasteiger partial charge in [-0.2, -0.15) is 23.5 Å². The van der Waals surface area contributed by atoms with Gasteiger partial charge in [-0.1, -0.05) is 0 Å². The van der Waals surface area contributed by atoms with Crippen LogP contribution in [-0.2, 0) is 9.53 Å². The Balaban J connectivity index is 3.04. The molecule has 0 saturated carbocycles. The lowest BCUT2D eigenvalue weighted by atomic mass is 10.2. The Hall–Kier alpha value is -3.09. The zero-order valence-corrected chi connectivity index (χ0v) is 13.1. The Bertz CT molecular complexity index is 737. The molecule has 0 aliphatic heterocycles. The third kappa shape index (κ3) is 5.80. The number of esters is 1. The Morgan fingerprint density at radius 2 is 2.12 bits per heavy atom. The van der Waals surface area contributed by atoms with E-state index < -0.39 is 23.5 Å². The molecule has 0 radical (unpaired) electrons. The minimum atomic E-state index is -4.86. The van der Waals surface area contributed by atoms with Gasteiger partial charge in [-0.3, -0.25) is 5.43 Å². The van der Waals surface area contributed by atoms with Crippen molar-refractivity contribution in [3.05, 3.63) is 35.2 Å². The van der Waals surface area contributed by atoms with Crippen LogP contribution >= 0.6 is 0 Å². The number of halogens is 4. The summed E-state index contributed by atoms with van der Waals surface area (Å²) < 4.78 is 61.5. The monoisotopic (exact) mass is 359 g/mol. The fraction of sp³-hybridized carbons (Fsp3) is 0.267. The van der Waals surface area contributed by atoms with Crippen molar-refractivity contribution in [3.8, 4) is 11.8 Å². The van der Waals surface area contributed by atoms with Crippen LogP contribution in [0, 0.1) is 17.1 Å². The Morgan fingerprint density at radius 1 is 1.44 bits per heavy atom. The van der Waals surface area contributed by atoms with E-state index in [-0.39, 0.29) is 29.7 Å². The van der Waals surface area contributed by atoms with Crippen molar-refractivity contribution in [1.82, 2.24) is 0 Å². The lowest BCUT2D eigenvalue weighted by Gasteiger charge is -2.09. The maximum absolute atomic E-state index is 13.8. The quantitative estimate of drug-likeness (QED) is 0.277. The molecular formula is C15H13F4N3O3. The summed E-state index contributed by atoms with van der Waals surface area (Å²) in [6, 6.07) is 3.61. The molecule has 0 amide bonds. The number of benzene rings is 1. The molecular weight excluding hydrogens is 346 g/mol. The summed E-state index contributed by atoms with van der Waals surface area (Å²) in [7, 11) is 1.24. The SMILES string of the molecule is CCOC(=O)/C=C(/C=N/Nc1cc(OC)c(C#N)cc1F)C(F)(F)F. The second kappa shape index (κ2) is 8.68. The molecule has 6 nitrogen and oxygen atoms in total. The number of nitriles is 1. The Morgan fingerprint density at radius 3 is 2.64 bits per heavy atom. The van der Waals surface area contributed by atoms with Crippen LogP contribution in [-0.4, -0.2) is 32.1 Å². The number of allylic oxidation sites excluding steroid dienone is 1. The number of ether oxygens (including phenoxy) is 2. The van der Waals surface area contributed by atoms with E-state index in [1.807, 2.05) is 0 Å². The van der Waals surface area contributed by atoms with Gasteiger partial charge in [0.1, 0.15) is 17.6 Å². The summed E-state index contributed by atoms with van der Waals surface area (Å²) in [6.45, 7) is 1.35. The normalized spacial score (nSPS) is 12.0. The molecule has 0 atom stereocenters. The van der Waals surface area contributed by atoms with Crippen LogP contribution in [0.4, 0.5) is 23.2 Å². The standard InChI is InChI=1S/C15H13F4N3O3/c1-3-25-14(23)5-10(15(17,18)19)8-21-22-12-6-13(24-2)9(7-20)4-11(12)16/h4-6,8,22H,3H2,1-2H3/b10-5-,21-8+. The van der Waals surface area contributed by atoms with Crippen LogP contribution in [0.25, 0.3) is 0 Å². The van der Waals surface area contributed by atoms with Gasteiger partial charge in [-0.05, 0) is 13.0 Å². The Kier molecular flexibility index (Phi) is 6.93. The first-order valence-electron chi connectivity index (χ1n) is 6.75. The molecule has 0 saturated heterocycles. The van der Waals surface area contributed by atoms with Crippen LogP contribution < -0.4 is 10.2 Å². The highest BCUT2D eigenvalue weighted by Crippen LogP contribution is 2.27. The third-order valence-electron chi connectivity index (χ3n) is 2.69. The molecule has 0 heterocycles. The average molecular weight is 359 g/mol. The van der Waals surface area contributed by atoms with Crippen molar-refractivity contribution in [2.24, 2.45) is 5.10 Å². The van der Waals surface area contributed by atoms with Crippen molar-refractivity contribution >= 4 is 17.9 Å². The number of alkyl halides is 3. The molecule has 0 aromatic heterocycles. The van der Waals surface area contributed by atoms with Crippen molar-refractivity contribution in [3.63, 3.8) is 0 Å². The highest BCUT2D eigenvalue weighted by molar-refractivity contribution is 5.92. The predicted molar refractivity (Wildman–Crippen MR) is 80.6 cm³/mol. The smallest absolute Gasteiger partial charge is 0.418 e. The van der Waals surface area contributed by atoms with Gasteiger partial charge in [0.2, 0.25) is 0 Å². The molecule has 1 aromatic carbocycles. The van der Waals surface area contributed by atoms with E-state index in [1.165, 1.54) is 14.0 Å². The van der Waals surface area contributed by atoms with Crippen molar-refractivity contribution in [2.45, 2.75) is 13.1 Å². The molecule has 0 spiro atoms. The van der Waals surface area contributed by atoms with Gasteiger partial charge in [0.15, 0.2) is 0 Å². The number of hydrazone groups is 1. The number of rotatable bonds is 6. The molecule has 1 N–H and O–H groups in total. The first-order chi connectivity index (χ1) is 11.7. The van der Waals surface area contributed by atoms with Crippen molar-refractivity contribution in [1.29, 1.82) is 5.26 Å². The number of carbonyl (C=O) groups is 1. The summed E-state index contributed by atoms with van der Waals surface area (Å²) in [5.74, 6) is -2.09. The predicted octanol–water partition coefficient (Wildman–Crippen LogP) is 3.16. The maximum Gasteiger partial charge on any atom is 0.418 e. The fourth-order valence-electron chi connectivity index (χ4n) is 1.57. The number of carbonyl (C=O) groups excluding carboxylic acids is 1. The summed E-state index contributed by atoms with van der Waals surface area (Å²) in [6.07, 6.45) is -4.33. The van der Waals surface area contributed by atoms with Crippen molar-refractivity contribution < 1.29 is 31.8 Å². The Labute approximate surface area is 140 Å². The zero-order valence-electron chi connectivity index (χ0n) is 13.1. The molecule has 1 aromatic rings. The molecule has 0 unspecified atom stereocenters. The van der Waals surface area contributed by atoms with Crippen LogP contribution in [0.3, 0.4) is 0 Å². The highest BCUT2D eigenvalue weighted by atomic mass is 19.4. The summed E-state index contributed by atoms with van der Waals surface area (Å²) in [4.78, 5) is 11.2. The van der Waals surface area contributed by atoms with E-state index >= 15 is 0 Å². The van der Waals surface area contributed by atoms with E-state index in [2.05, 4.69) is 15.3 Å². The van der Waals surface area contributed by atoms with Crippen LogP contribution in [0.2, 0.25) is 0 Å². The van der Waals surface area contributed by atoms with E-state index in [0.717, 1.165) is 12.1 Å². The molecule has 0 aliphatic carbocycles. The number of anilines is 1. The van der Waals surface area contributed by atoms with Crippen molar-refractivity contribution in [2.75, 3.05) is 19.1 Å². The maximum atomic E-state index is 13.8. The highest BCUT2D eigenvalue weighted by Gasteiger charge is 2.33. The van der Waals surface area contributed by atoms with Gasteiger partial charge in [-0.25, -0.2) is 9.18 Å². The number of nitrogens with zero attached hydrogens (tertiary/aromatic N) is 2. The summed E-state index contributed by atoms with van der Waals surface area (Å²) >= 11 is 0. The zero-order chi connectivity index (χ0) is 19.0. The molecule has 0 fully saturated rings. The molecule has 134 valence electrons. The molecule has 10 heteroatoms. The number of methoxy groups -OCH3 is 1. The first-order valence-corrected chi connectivity index (χ1v) is 6.75. The largest absolute Gasteiger partial charge is 0.495 e. The molecule has 1 rings (SSSR count). The number of nitrogens with one attached hydrogen (secondary N) is 1. The van der Waals surface area contributed by atoms with Gasteiger partial charge in [-0.15, -0.1) is 0 Å². The minimum absolute atomic E-state index is 0.0136. The average Bonchev–Trinajstić information content (AvgIpc) is 2.54. The van der Waals surface area contributed by atoms with E-state index in [1.54, 1.807) is 6.07 Å². The van der Waals surface area contributed by atoms with Crippen LogP contribution in [0.1, 0.15) is 12.5 Å². The third-order valence-corrected chi connectivity index (χ3v) is 2.69. The summed E-state index contributed by atoms with van der Waals surface area (Å²) in [5, 5.41) is 12.1. The van der Waals surface area contributed by atoms with E-state index in [0.29, 0.717) is 6.21 Å². The first kappa shape index (κ1) is 20.0. The molecule has 25 heavy (non-hydrogen) atoms. The van der Waals surface area contributed by atoms with Gasteiger partial charge < -0.3 is 9.47 Å². The second-order valence-corrected chi connectivity index (χ2v) is 4.36. The van der Waals surface area contributed by atoms with Gasteiger partial charge in [0.05, 0.1) is 36.8 Å². The molecule has 0 aliphatic rings. The van der Waals surface area contributed by atoms with Crippen LogP contribution in [0.15, 0.2) is 28.9 Å². The minimum Gasteiger partial charge on any atom is -0.495 e. The van der Waals surface area contributed by atoms with Gasteiger partial charge in [0, 0.05) is 12.1 Å². The lowest BCUT2D eigenvalue weighted by Crippen LogP contribution is -2.16. The van der Waals surface area contributed by atoms with Gasteiger partial charge in [0.25, 0.3) is 0 Å². The number of hydrogen-bond acceptors (Lipinski definition) is 6. The topological polar surface area (TPSA) is 83.7 Å². The van der Waals surface area contributed by atoms with E-state index in [9.17, 15) is 22.4 Å². The second-order valence-electron chi connectivity index (χ2n) is 4.36. The lowest BCUT2D eigenvalue weighted by molar-refractivity contribution is -0.138.